The van der Waals surface area contributed by atoms with Crippen molar-refractivity contribution in [2.45, 2.75) is 19.6 Å². The molecular weight excluding hydrogens is 764 g/mol. The van der Waals surface area contributed by atoms with Crippen LogP contribution >= 0.6 is 23.5 Å². The highest BCUT2D eigenvalue weighted by Gasteiger charge is 2.45. The molecule has 0 aliphatic carbocycles. The summed E-state index contributed by atoms with van der Waals surface area (Å²) in [4.78, 5) is 7.75. The Morgan fingerprint density at radius 1 is 0.333 bits per heavy atom. The Morgan fingerprint density at radius 3 is 1.68 bits per heavy atom. The van der Waals surface area contributed by atoms with Gasteiger partial charge in [-0.2, -0.15) is 0 Å². The van der Waals surface area contributed by atoms with E-state index in [0.717, 1.165) is 11.5 Å². The zero-order chi connectivity index (χ0) is 39.3. The van der Waals surface area contributed by atoms with Gasteiger partial charge in [-0.3, -0.25) is 0 Å². The molecular formula is C54H33B2NOS2. The number of rotatable bonds is 4. The zero-order valence-electron chi connectivity index (χ0n) is 32.4. The average Bonchev–Trinajstić information content (AvgIpc) is 3.31. The monoisotopic (exact) mass is 797 g/mol. The van der Waals surface area contributed by atoms with E-state index >= 15 is 0 Å². The fraction of sp³-hybridized carbons (Fsp3) is 0. The summed E-state index contributed by atoms with van der Waals surface area (Å²) >= 11 is 3.80. The number of ether oxygens (including phenoxy) is 1. The lowest BCUT2D eigenvalue weighted by Gasteiger charge is -2.42. The van der Waals surface area contributed by atoms with Gasteiger partial charge in [0.05, 0.1) is 5.69 Å². The van der Waals surface area contributed by atoms with Gasteiger partial charge < -0.3 is 9.64 Å². The van der Waals surface area contributed by atoms with Crippen molar-refractivity contribution in [3.8, 4) is 44.9 Å². The molecule has 278 valence electrons. The van der Waals surface area contributed by atoms with E-state index in [-0.39, 0.29) is 13.4 Å². The molecule has 9 aromatic rings. The number of hydrogen-bond donors (Lipinski definition) is 0. The fourth-order valence-corrected chi connectivity index (χ4v) is 12.4. The van der Waals surface area contributed by atoms with Gasteiger partial charge in [0.15, 0.2) is 0 Å². The summed E-state index contributed by atoms with van der Waals surface area (Å²) in [6, 6.07) is 73.8. The molecule has 13 rings (SSSR count). The summed E-state index contributed by atoms with van der Waals surface area (Å²) in [6.45, 7) is 0.0880. The number of fused-ring (bicyclic) bond motifs is 8. The molecule has 0 fully saturated rings. The number of anilines is 3. The van der Waals surface area contributed by atoms with Crippen LogP contribution in [0.3, 0.4) is 0 Å². The first-order valence-corrected chi connectivity index (χ1v) is 22.2. The normalized spacial score (nSPS) is 13.6. The van der Waals surface area contributed by atoms with Crippen molar-refractivity contribution in [3.63, 3.8) is 0 Å². The predicted molar refractivity (Wildman–Crippen MR) is 254 cm³/mol. The quantitative estimate of drug-likeness (QED) is 0.164. The van der Waals surface area contributed by atoms with Crippen molar-refractivity contribution < 1.29 is 4.74 Å². The maximum atomic E-state index is 6.83. The molecule has 0 unspecified atom stereocenters. The van der Waals surface area contributed by atoms with Gasteiger partial charge in [-0.1, -0.05) is 186 Å². The van der Waals surface area contributed by atoms with Crippen LogP contribution in [-0.2, 0) is 0 Å². The Balaban J connectivity index is 1.11. The Morgan fingerprint density at radius 2 is 0.917 bits per heavy atom. The van der Waals surface area contributed by atoms with Gasteiger partial charge in [0, 0.05) is 36.5 Å². The van der Waals surface area contributed by atoms with Gasteiger partial charge in [-0.25, -0.2) is 0 Å². The van der Waals surface area contributed by atoms with Crippen LogP contribution in [0, 0.1) is 0 Å². The van der Waals surface area contributed by atoms with Crippen LogP contribution in [-0.4, -0.2) is 13.4 Å². The van der Waals surface area contributed by atoms with Crippen molar-refractivity contribution in [1.82, 2.24) is 0 Å². The van der Waals surface area contributed by atoms with E-state index in [4.69, 9.17) is 4.74 Å². The van der Waals surface area contributed by atoms with E-state index in [1.165, 1.54) is 103 Å². The molecule has 4 aliphatic rings. The van der Waals surface area contributed by atoms with Crippen molar-refractivity contribution in [1.29, 1.82) is 0 Å². The van der Waals surface area contributed by atoms with Crippen LogP contribution in [0.2, 0.25) is 0 Å². The van der Waals surface area contributed by atoms with E-state index in [1.54, 1.807) is 0 Å². The number of para-hydroxylation sites is 2. The Bertz CT molecular complexity index is 3210. The van der Waals surface area contributed by atoms with Gasteiger partial charge in [-0.05, 0) is 98.2 Å². The second-order valence-corrected chi connectivity index (χ2v) is 18.1. The molecule has 6 heteroatoms. The predicted octanol–water partition coefficient (Wildman–Crippen LogP) is 10.5. The first-order chi connectivity index (χ1) is 29.7. The van der Waals surface area contributed by atoms with Crippen LogP contribution < -0.4 is 42.4 Å². The topological polar surface area (TPSA) is 12.5 Å². The van der Waals surface area contributed by atoms with E-state index in [0.29, 0.717) is 0 Å². The van der Waals surface area contributed by atoms with E-state index in [2.05, 4.69) is 205 Å². The second kappa shape index (κ2) is 13.5. The standard InChI is InChI=1S/C54H33B2NOS2/c1-4-16-34(17-5-1)37-28-46-53-51(30-37)59-49-27-15-12-24-41(49)56(53)42-32-43-50(33-45(42)57(46)44-25-13-10-22-39(44)36-20-8-3-9-21-36)60-52-31-38(35-18-6-2-7-19-35)29-48-54(52)55(43)40-23-11-14-26-47(40)58-48/h1-33H. The van der Waals surface area contributed by atoms with E-state index < -0.39 is 0 Å². The lowest BCUT2D eigenvalue weighted by atomic mass is 9.32. The minimum Gasteiger partial charge on any atom is -0.458 e. The third-order valence-electron chi connectivity index (χ3n) is 12.6. The average molecular weight is 798 g/mol. The fourth-order valence-electron chi connectivity index (χ4n) is 10.0. The maximum Gasteiger partial charge on any atom is 0.253 e. The van der Waals surface area contributed by atoms with Gasteiger partial charge in [0.25, 0.3) is 6.71 Å². The van der Waals surface area contributed by atoms with Crippen molar-refractivity contribution in [2.24, 2.45) is 0 Å². The summed E-state index contributed by atoms with van der Waals surface area (Å²) in [5.74, 6) is 1.88. The highest BCUT2D eigenvalue weighted by atomic mass is 32.2. The van der Waals surface area contributed by atoms with Gasteiger partial charge in [0.1, 0.15) is 11.5 Å². The molecule has 4 heterocycles. The summed E-state index contributed by atoms with van der Waals surface area (Å²) in [5.41, 5.74) is 18.7. The molecule has 0 bridgehead atoms. The number of hydrogen-bond acceptors (Lipinski definition) is 4. The molecule has 60 heavy (non-hydrogen) atoms. The second-order valence-electron chi connectivity index (χ2n) is 15.9. The van der Waals surface area contributed by atoms with E-state index in [9.17, 15) is 0 Å². The molecule has 0 radical (unpaired) electrons. The molecule has 0 saturated heterocycles. The van der Waals surface area contributed by atoms with Crippen LogP contribution in [0.5, 0.6) is 11.5 Å². The lowest BCUT2D eigenvalue weighted by Crippen LogP contribution is -2.63. The minimum absolute atomic E-state index is 0.0333. The SMILES string of the molecule is c1ccc(-c2cc3c4c(c2)Sc2cc5c(cc2B4c2ccccc2O3)B2c3ccccc3Sc3cc(-c4ccccc4)cc(c32)N5c2ccccc2-c2ccccc2)cc1. The summed E-state index contributed by atoms with van der Waals surface area (Å²) in [7, 11) is 0. The summed E-state index contributed by atoms with van der Waals surface area (Å²) in [6.07, 6.45) is 0. The summed E-state index contributed by atoms with van der Waals surface area (Å²) in [5, 5.41) is 0. The molecule has 0 amide bonds. The van der Waals surface area contributed by atoms with Crippen molar-refractivity contribution in [3.05, 3.63) is 200 Å². The van der Waals surface area contributed by atoms with Crippen LogP contribution in [0.1, 0.15) is 0 Å². The molecule has 9 aromatic carbocycles. The van der Waals surface area contributed by atoms with Crippen molar-refractivity contribution >= 4 is 86.8 Å². The zero-order valence-corrected chi connectivity index (χ0v) is 34.0. The Hall–Kier alpha value is -6.59. The van der Waals surface area contributed by atoms with Crippen LogP contribution in [0.25, 0.3) is 33.4 Å². The van der Waals surface area contributed by atoms with Crippen LogP contribution in [0.4, 0.5) is 17.1 Å². The van der Waals surface area contributed by atoms with Gasteiger partial charge in [-0.15, -0.1) is 0 Å². The molecule has 0 saturated carbocycles. The number of benzene rings is 9. The molecule has 0 atom stereocenters. The molecule has 0 aromatic heterocycles. The largest absolute Gasteiger partial charge is 0.458 e. The molecule has 0 spiro atoms. The molecule has 2 nitrogen and oxygen atoms in total. The van der Waals surface area contributed by atoms with Crippen molar-refractivity contribution in [2.75, 3.05) is 4.90 Å². The first kappa shape index (κ1) is 34.3. The summed E-state index contributed by atoms with van der Waals surface area (Å²) < 4.78 is 6.83. The van der Waals surface area contributed by atoms with Crippen LogP contribution in [0.15, 0.2) is 220 Å². The first-order valence-electron chi connectivity index (χ1n) is 20.6. The Labute approximate surface area is 359 Å². The van der Waals surface area contributed by atoms with Gasteiger partial charge in [0.2, 0.25) is 6.71 Å². The third kappa shape index (κ3) is 5.21. The number of nitrogens with zero attached hydrogens (tertiary/aromatic N) is 1. The molecule has 0 N–H and O–H groups in total. The lowest BCUT2D eigenvalue weighted by molar-refractivity contribution is 0.486. The highest BCUT2D eigenvalue weighted by molar-refractivity contribution is 8.00. The highest BCUT2D eigenvalue weighted by Crippen LogP contribution is 2.48. The van der Waals surface area contributed by atoms with Gasteiger partial charge >= 0.3 is 0 Å². The molecule has 4 aliphatic heterocycles. The third-order valence-corrected chi connectivity index (χ3v) is 14.9. The maximum absolute atomic E-state index is 6.83. The smallest absolute Gasteiger partial charge is 0.253 e. The minimum atomic E-state index is 0.0333. The van der Waals surface area contributed by atoms with E-state index in [1.807, 2.05) is 23.5 Å². The Kier molecular flexibility index (Phi) is 7.70.